The lowest BCUT2D eigenvalue weighted by Gasteiger charge is -2.16. The predicted molar refractivity (Wildman–Crippen MR) is 113 cm³/mol. The second-order valence-corrected chi connectivity index (χ2v) is 8.51. The molecule has 0 aliphatic rings. The van der Waals surface area contributed by atoms with Gasteiger partial charge >= 0.3 is 0 Å². The van der Waals surface area contributed by atoms with Gasteiger partial charge in [0.25, 0.3) is 0 Å². The van der Waals surface area contributed by atoms with E-state index in [9.17, 15) is 4.79 Å². The Balaban J connectivity index is 1.62. The van der Waals surface area contributed by atoms with Crippen LogP contribution in [0.15, 0.2) is 40.9 Å². The molecule has 9 heteroatoms. The smallest absolute Gasteiger partial charge is 0.230 e. The molecule has 27 heavy (non-hydrogen) atoms. The van der Waals surface area contributed by atoms with Gasteiger partial charge in [0.05, 0.1) is 16.7 Å². The number of rotatable bonds is 7. The molecule has 142 valence electrons. The fourth-order valence-corrected chi connectivity index (χ4v) is 4.72. The molecule has 0 radical (unpaired) electrons. The quantitative estimate of drug-likeness (QED) is 0.506. The Morgan fingerprint density at radius 1 is 1.33 bits per heavy atom. The van der Waals surface area contributed by atoms with Gasteiger partial charge in [-0.2, -0.15) is 0 Å². The number of halogens is 2. The van der Waals surface area contributed by atoms with Crippen LogP contribution < -0.4 is 5.32 Å². The summed E-state index contributed by atoms with van der Waals surface area (Å²) in [5.41, 5.74) is 0.830. The maximum absolute atomic E-state index is 12.4. The molecule has 0 bridgehead atoms. The highest BCUT2D eigenvalue weighted by atomic mass is 35.5. The predicted octanol–water partition coefficient (Wildman–Crippen LogP) is 5.30. The van der Waals surface area contributed by atoms with Crippen molar-refractivity contribution in [3.63, 3.8) is 0 Å². The van der Waals surface area contributed by atoms with Crippen LogP contribution in [0.5, 0.6) is 0 Å². The van der Waals surface area contributed by atoms with Crippen LogP contribution in [0.3, 0.4) is 0 Å². The zero-order chi connectivity index (χ0) is 19.4. The molecule has 0 aliphatic carbocycles. The average Bonchev–Trinajstić information content (AvgIpc) is 3.28. The van der Waals surface area contributed by atoms with Crippen molar-refractivity contribution in [2.24, 2.45) is 0 Å². The maximum Gasteiger partial charge on any atom is 0.230 e. The Kier molecular flexibility index (Phi) is 6.81. The van der Waals surface area contributed by atoms with Crippen molar-refractivity contribution in [2.75, 3.05) is 5.75 Å². The topological polar surface area (TPSA) is 59.8 Å². The number of nitrogens with zero attached hydrogens (tertiary/aromatic N) is 3. The summed E-state index contributed by atoms with van der Waals surface area (Å²) in [5.74, 6) is 0.983. The Morgan fingerprint density at radius 3 is 2.81 bits per heavy atom. The van der Waals surface area contributed by atoms with E-state index < -0.39 is 0 Å². The number of amides is 1. The normalized spacial score (nSPS) is 12.1. The third-order valence-corrected chi connectivity index (χ3v) is 6.31. The molecular formula is C18H18Cl2N4OS2. The summed E-state index contributed by atoms with van der Waals surface area (Å²) in [4.78, 5) is 13.4. The Hall–Kier alpha value is -1.54. The fourth-order valence-electron chi connectivity index (χ4n) is 2.61. The van der Waals surface area contributed by atoms with Gasteiger partial charge in [0.1, 0.15) is 0 Å². The van der Waals surface area contributed by atoms with Crippen molar-refractivity contribution in [1.29, 1.82) is 0 Å². The molecule has 3 aromatic rings. The van der Waals surface area contributed by atoms with E-state index in [4.69, 9.17) is 23.2 Å². The summed E-state index contributed by atoms with van der Waals surface area (Å²) in [5, 5.41) is 15.3. The minimum absolute atomic E-state index is 0.0955. The molecule has 1 amide bonds. The summed E-state index contributed by atoms with van der Waals surface area (Å²) in [6.07, 6.45) is 0. The van der Waals surface area contributed by atoms with E-state index in [1.165, 1.54) is 11.8 Å². The van der Waals surface area contributed by atoms with E-state index in [1.54, 1.807) is 23.5 Å². The molecular weight excluding hydrogens is 423 g/mol. The van der Waals surface area contributed by atoms with Gasteiger partial charge < -0.3 is 9.88 Å². The van der Waals surface area contributed by atoms with Crippen molar-refractivity contribution in [2.45, 2.75) is 31.6 Å². The van der Waals surface area contributed by atoms with Gasteiger partial charge in [0.15, 0.2) is 11.0 Å². The van der Waals surface area contributed by atoms with E-state index >= 15 is 0 Å². The number of nitrogens with one attached hydrogen (secondary N) is 1. The highest BCUT2D eigenvalue weighted by Gasteiger charge is 2.17. The number of carbonyl (C=O) groups is 1. The van der Waals surface area contributed by atoms with Crippen LogP contribution in [0.2, 0.25) is 10.0 Å². The van der Waals surface area contributed by atoms with Gasteiger partial charge in [-0.1, -0.05) is 47.1 Å². The first-order valence-corrected chi connectivity index (χ1v) is 11.0. The van der Waals surface area contributed by atoms with Crippen LogP contribution in [0, 0.1) is 0 Å². The molecule has 0 fully saturated rings. The number of thioether (sulfide) groups is 1. The van der Waals surface area contributed by atoms with Gasteiger partial charge in [-0.15, -0.1) is 21.5 Å². The molecule has 2 aromatic heterocycles. The highest BCUT2D eigenvalue weighted by molar-refractivity contribution is 7.99. The Bertz CT molecular complexity index is 928. The molecule has 0 unspecified atom stereocenters. The Labute approximate surface area is 176 Å². The lowest BCUT2D eigenvalue weighted by molar-refractivity contribution is -0.119. The minimum atomic E-state index is -0.214. The van der Waals surface area contributed by atoms with Gasteiger partial charge in [-0.25, -0.2) is 0 Å². The standard InChI is InChI=1S/C18H18Cl2N4OS2/c1-3-24-17(15-5-4-8-26-15)22-23-18(24)27-10-16(25)21-11(2)13-7-6-12(19)9-14(13)20/h4-9,11H,3,10H2,1-2H3,(H,21,25)/t11-/m0/s1. The maximum atomic E-state index is 12.4. The first kappa shape index (κ1) is 20.2. The highest BCUT2D eigenvalue weighted by Crippen LogP contribution is 2.28. The molecule has 0 saturated heterocycles. The summed E-state index contributed by atoms with van der Waals surface area (Å²) in [7, 11) is 0. The summed E-state index contributed by atoms with van der Waals surface area (Å²) in [6.45, 7) is 4.66. The molecule has 2 heterocycles. The number of thiophene rings is 1. The van der Waals surface area contributed by atoms with E-state index in [0.717, 1.165) is 28.0 Å². The lowest BCUT2D eigenvalue weighted by atomic mass is 10.1. The molecule has 1 atom stereocenters. The van der Waals surface area contributed by atoms with Gasteiger partial charge in [-0.3, -0.25) is 4.79 Å². The van der Waals surface area contributed by atoms with Gasteiger partial charge in [-0.05, 0) is 43.0 Å². The number of benzene rings is 1. The molecule has 0 aliphatic heterocycles. The second kappa shape index (κ2) is 9.10. The fraction of sp³-hybridized carbons (Fsp3) is 0.278. The summed E-state index contributed by atoms with van der Waals surface area (Å²) >= 11 is 15.1. The van der Waals surface area contributed by atoms with Crippen LogP contribution in [0.25, 0.3) is 10.7 Å². The number of hydrogen-bond acceptors (Lipinski definition) is 5. The third kappa shape index (κ3) is 4.85. The number of aromatic nitrogens is 3. The van der Waals surface area contributed by atoms with Crippen molar-refractivity contribution < 1.29 is 4.79 Å². The van der Waals surface area contributed by atoms with Crippen molar-refractivity contribution in [3.05, 3.63) is 51.3 Å². The molecule has 0 spiro atoms. The molecule has 5 nitrogen and oxygen atoms in total. The monoisotopic (exact) mass is 440 g/mol. The van der Waals surface area contributed by atoms with E-state index in [2.05, 4.69) is 15.5 Å². The number of carbonyl (C=O) groups excluding carboxylic acids is 1. The molecule has 1 aromatic carbocycles. The first-order chi connectivity index (χ1) is 13.0. The van der Waals surface area contributed by atoms with Crippen LogP contribution in [0.1, 0.15) is 25.5 Å². The first-order valence-electron chi connectivity index (χ1n) is 8.33. The van der Waals surface area contributed by atoms with Gasteiger partial charge in [0.2, 0.25) is 5.91 Å². The zero-order valence-electron chi connectivity index (χ0n) is 14.8. The van der Waals surface area contributed by atoms with E-state index in [-0.39, 0.29) is 17.7 Å². The molecule has 3 rings (SSSR count). The van der Waals surface area contributed by atoms with Crippen LogP contribution >= 0.6 is 46.3 Å². The third-order valence-electron chi connectivity index (χ3n) is 3.91. The summed E-state index contributed by atoms with van der Waals surface area (Å²) in [6, 6.07) is 9.04. The average molecular weight is 441 g/mol. The van der Waals surface area contributed by atoms with Crippen molar-refractivity contribution >= 4 is 52.2 Å². The second-order valence-electron chi connectivity index (χ2n) is 5.77. The minimum Gasteiger partial charge on any atom is -0.349 e. The van der Waals surface area contributed by atoms with E-state index in [0.29, 0.717) is 10.0 Å². The molecule has 1 N–H and O–H groups in total. The lowest BCUT2D eigenvalue weighted by Crippen LogP contribution is -2.28. The van der Waals surface area contributed by atoms with Crippen molar-refractivity contribution in [1.82, 2.24) is 20.1 Å². The van der Waals surface area contributed by atoms with Crippen molar-refractivity contribution in [3.8, 4) is 10.7 Å². The van der Waals surface area contributed by atoms with E-state index in [1.807, 2.05) is 42.0 Å². The number of hydrogen-bond donors (Lipinski definition) is 1. The summed E-state index contributed by atoms with van der Waals surface area (Å²) < 4.78 is 2.02. The largest absolute Gasteiger partial charge is 0.349 e. The van der Waals surface area contributed by atoms with Crippen LogP contribution in [-0.2, 0) is 11.3 Å². The Morgan fingerprint density at radius 2 is 2.15 bits per heavy atom. The van der Waals surface area contributed by atoms with Crippen LogP contribution in [0.4, 0.5) is 0 Å². The molecule has 0 saturated carbocycles. The van der Waals surface area contributed by atoms with Gasteiger partial charge in [0, 0.05) is 16.6 Å². The van der Waals surface area contributed by atoms with Crippen LogP contribution in [-0.4, -0.2) is 26.4 Å². The zero-order valence-corrected chi connectivity index (χ0v) is 17.9. The SMILES string of the molecule is CCn1c(SCC(=O)N[C@@H](C)c2ccc(Cl)cc2Cl)nnc1-c1cccs1.